The molecule has 1 heterocycles. The average molecular weight is 131 g/mol. The van der Waals surface area contributed by atoms with Gasteiger partial charge in [-0.1, -0.05) is 6.92 Å². The average Bonchev–Trinajstić information content (AvgIpc) is 2.14. The number of hydrogen-bond acceptors (Lipinski definition) is 2. The van der Waals surface area contributed by atoms with Crippen LogP contribution in [0.25, 0.3) is 0 Å². The van der Waals surface area contributed by atoms with Gasteiger partial charge in [0, 0.05) is 12.3 Å². The van der Waals surface area contributed by atoms with Gasteiger partial charge in [0.25, 0.3) is 0 Å². The van der Waals surface area contributed by atoms with Crippen LogP contribution in [0.3, 0.4) is 0 Å². The molecule has 0 spiro atoms. The van der Waals surface area contributed by atoms with E-state index >= 15 is 0 Å². The lowest BCUT2D eigenvalue weighted by Crippen LogP contribution is -2.25. The molecule has 1 saturated heterocycles. The summed E-state index contributed by atoms with van der Waals surface area (Å²) in [6.07, 6.45) is 0. The molecule has 0 bridgehead atoms. The standard InChI is InChI=1S/C6H13NS/c1-3-7-4-5-8-6(7)2/h6H,3-5H2,1-2H3/t6-/m0/s1. The Morgan fingerprint density at radius 2 is 2.50 bits per heavy atom. The highest BCUT2D eigenvalue weighted by Crippen LogP contribution is 2.21. The fraction of sp³-hybridized carbons (Fsp3) is 1.00. The van der Waals surface area contributed by atoms with E-state index < -0.39 is 0 Å². The third-order valence-corrected chi connectivity index (χ3v) is 2.86. The van der Waals surface area contributed by atoms with Crippen molar-refractivity contribution in [3.8, 4) is 0 Å². The molecule has 0 radical (unpaired) electrons. The topological polar surface area (TPSA) is 3.24 Å². The monoisotopic (exact) mass is 131 g/mol. The summed E-state index contributed by atoms with van der Waals surface area (Å²) in [5.74, 6) is 1.33. The summed E-state index contributed by atoms with van der Waals surface area (Å²) in [4.78, 5) is 2.49. The molecule has 0 saturated carbocycles. The van der Waals surface area contributed by atoms with E-state index in [-0.39, 0.29) is 0 Å². The lowest BCUT2D eigenvalue weighted by molar-refractivity contribution is 0.316. The maximum Gasteiger partial charge on any atom is 0.0529 e. The smallest absolute Gasteiger partial charge is 0.0529 e. The first kappa shape index (κ1) is 6.43. The Kier molecular flexibility index (Phi) is 2.20. The van der Waals surface area contributed by atoms with E-state index in [2.05, 4.69) is 30.5 Å². The minimum Gasteiger partial charge on any atom is -0.291 e. The van der Waals surface area contributed by atoms with Crippen molar-refractivity contribution < 1.29 is 0 Å². The quantitative estimate of drug-likeness (QED) is 0.529. The second kappa shape index (κ2) is 2.74. The zero-order valence-corrected chi connectivity index (χ0v) is 6.37. The summed E-state index contributed by atoms with van der Waals surface area (Å²) in [6, 6.07) is 0. The first-order chi connectivity index (χ1) is 3.84. The summed E-state index contributed by atoms with van der Waals surface area (Å²) >= 11 is 2.06. The predicted octanol–water partition coefficient (Wildman–Crippen LogP) is 1.40. The Labute approximate surface area is 55.4 Å². The van der Waals surface area contributed by atoms with Crippen LogP contribution >= 0.6 is 11.8 Å². The molecule has 0 amide bonds. The van der Waals surface area contributed by atoms with Crippen LogP contribution in [0.5, 0.6) is 0 Å². The van der Waals surface area contributed by atoms with Crippen LogP contribution in [0.15, 0.2) is 0 Å². The zero-order chi connectivity index (χ0) is 5.98. The van der Waals surface area contributed by atoms with Gasteiger partial charge in [0.2, 0.25) is 0 Å². The van der Waals surface area contributed by atoms with Gasteiger partial charge in [-0.25, -0.2) is 0 Å². The molecule has 1 atom stereocenters. The van der Waals surface area contributed by atoms with E-state index in [4.69, 9.17) is 0 Å². The lowest BCUT2D eigenvalue weighted by atomic mass is 10.5. The predicted molar refractivity (Wildman–Crippen MR) is 39.2 cm³/mol. The molecule has 0 aliphatic carbocycles. The fourth-order valence-corrected chi connectivity index (χ4v) is 2.19. The minimum absolute atomic E-state index is 0.778. The van der Waals surface area contributed by atoms with Crippen LogP contribution in [-0.4, -0.2) is 29.1 Å². The van der Waals surface area contributed by atoms with Crippen molar-refractivity contribution in [3.05, 3.63) is 0 Å². The SMILES string of the molecule is CCN1CCS[C@H]1C. The highest BCUT2D eigenvalue weighted by Gasteiger charge is 2.17. The molecule has 0 aromatic heterocycles. The van der Waals surface area contributed by atoms with Gasteiger partial charge >= 0.3 is 0 Å². The molecule has 0 N–H and O–H groups in total. The summed E-state index contributed by atoms with van der Waals surface area (Å²) in [6.45, 7) is 7.01. The molecule has 1 rings (SSSR count). The van der Waals surface area contributed by atoms with Crippen molar-refractivity contribution in [2.24, 2.45) is 0 Å². The number of rotatable bonds is 1. The molecule has 1 aliphatic heterocycles. The Morgan fingerprint density at radius 1 is 1.75 bits per heavy atom. The molecular formula is C6H13NS. The summed E-state index contributed by atoms with van der Waals surface area (Å²) in [7, 11) is 0. The van der Waals surface area contributed by atoms with Crippen LogP contribution in [0, 0.1) is 0 Å². The summed E-state index contributed by atoms with van der Waals surface area (Å²) in [5.41, 5.74) is 0. The second-order valence-electron chi connectivity index (χ2n) is 2.10. The largest absolute Gasteiger partial charge is 0.291 e. The van der Waals surface area contributed by atoms with E-state index in [1.54, 1.807) is 0 Å². The van der Waals surface area contributed by atoms with Crippen molar-refractivity contribution in [1.29, 1.82) is 0 Å². The van der Waals surface area contributed by atoms with Gasteiger partial charge in [-0.2, -0.15) is 0 Å². The first-order valence-corrected chi connectivity index (χ1v) is 4.25. The molecule has 0 aromatic carbocycles. The van der Waals surface area contributed by atoms with Gasteiger partial charge in [-0.3, -0.25) is 4.90 Å². The van der Waals surface area contributed by atoms with Crippen molar-refractivity contribution in [2.45, 2.75) is 19.2 Å². The second-order valence-corrected chi connectivity index (χ2v) is 3.52. The molecule has 1 nitrogen and oxygen atoms in total. The summed E-state index contributed by atoms with van der Waals surface area (Å²) < 4.78 is 0. The first-order valence-electron chi connectivity index (χ1n) is 3.20. The third kappa shape index (κ3) is 1.17. The van der Waals surface area contributed by atoms with Gasteiger partial charge in [-0.05, 0) is 13.5 Å². The highest BCUT2D eigenvalue weighted by molar-refractivity contribution is 8.00. The van der Waals surface area contributed by atoms with Crippen molar-refractivity contribution in [1.82, 2.24) is 4.90 Å². The van der Waals surface area contributed by atoms with Crippen LogP contribution in [0.2, 0.25) is 0 Å². The van der Waals surface area contributed by atoms with Crippen molar-refractivity contribution >= 4 is 11.8 Å². The Morgan fingerprint density at radius 3 is 2.75 bits per heavy atom. The highest BCUT2D eigenvalue weighted by atomic mass is 32.2. The molecule has 1 fully saturated rings. The number of hydrogen-bond donors (Lipinski definition) is 0. The van der Waals surface area contributed by atoms with Crippen LogP contribution in [-0.2, 0) is 0 Å². The van der Waals surface area contributed by atoms with E-state index in [9.17, 15) is 0 Å². The van der Waals surface area contributed by atoms with Crippen molar-refractivity contribution in [3.63, 3.8) is 0 Å². The Balaban J connectivity index is 2.30. The van der Waals surface area contributed by atoms with E-state index in [1.165, 1.54) is 18.8 Å². The van der Waals surface area contributed by atoms with Crippen LogP contribution in [0.1, 0.15) is 13.8 Å². The Bertz CT molecular complexity index is 74.9. The molecule has 0 aromatic rings. The number of thioether (sulfide) groups is 1. The maximum absolute atomic E-state index is 2.49. The molecule has 2 heteroatoms. The molecule has 48 valence electrons. The summed E-state index contributed by atoms with van der Waals surface area (Å²) in [5, 5.41) is 0.778. The van der Waals surface area contributed by atoms with Gasteiger partial charge in [-0.15, -0.1) is 11.8 Å². The van der Waals surface area contributed by atoms with Crippen molar-refractivity contribution in [2.75, 3.05) is 18.8 Å². The normalized spacial score (nSPS) is 31.5. The van der Waals surface area contributed by atoms with Gasteiger partial charge in [0.1, 0.15) is 0 Å². The maximum atomic E-state index is 2.49. The van der Waals surface area contributed by atoms with E-state index in [1.807, 2.05) is 0 Å². The third-order valence-electron chi connectivity index (χ3n) is 1.66. The van der Waals surface area contributed by atoms with Crippen LogP contribution < -0.4 is 0 Å². The molecule has 0 unspecified atom stereocenters. The van der Waals surface area contributed by atoms with E-state index in [0.29, 0.717) is 0 Å². The molecule has 1 aliphatic rings. The molecule has 8 heavy (non-hydrogen) atoms. The molecular weight excluding hydrogens is 118 g/mol. The zero-order valence-electron chi connectivity index (χ0n) is 5.55. The van der Waals surface area contributed by atoms with Gasteiger partial charge < -0.3 is 0 Å². The lowest BCUT2D eigenvalue weighted by Gasteiger charge is -2.16. The Hall–Kier alpha value is 0.310. The van der Waals surface area contributed by atoms with Gasteiger partial charge in [0.05, 0.1) is 5.37 Å². The van der Waals surface area contributed by atoms with E-state index in [0.717, 1.165) is 5.37 Å². The fourth-order valence-electron chi connectivity index (χ4n) is 1.04. The van der Waals surface area contributed by atoms with Crippen LogP contribution in [0.4, 0.5) is 0 Å². The minimum atomic E-state index is 0.778. The number of nitrogens with zero attached hydrogens (tertiary/aromatic N) is 1. The van der Waals surface area contributed by atoms with Gasteiger partial charge in [0.15, 0.2) is 0 Å².